The van der Waals surface area contributed by atoms with Crippen molar-refractivity contribution in [3.8, 4) is 0 Å². The van der Waals surface area contributed by atoms with Crippen molar-refractivity contribution >= 4 is 29.8 Å². The SMILES string of the molecule is CCCCCCCCC(CCCCCC)COC(=O)CCCCCC(=O)OCC1(COC(=O)CCCCCC(=O)OCC(CCCCCC)CCCCCCCC)CCN(C(=O)CCN(CC)CCO)CC1. The molecule has 0 aromatic carbocycles. The molecule has 0 aromatic heterocycles. The van der Waals surface area contributed by atoms with Crippen molar-refractivity contribution in [3.63, 3.8) is 0 Å². The zero-order chi connectivity index (χ0) is 52.8. The number of piperidine rings is 1. The van der Waals surface area contributed by atoms with E-state index in [0.717, 1.165) is 45.1 Å². The van der Waals surface area contributed by atoms with Crippen molar-refractivity contribution < 1.29 is 48.0 Å². The van der Waals surface area contributed by atoms with E-state index in [1.807, 2.05) is 11.8 Å². The third kappa shape index (κ3) is 37.1. The van der Waals surface area contributed by atoms with E-state index in [4.69, 9.17) is 18.9 Å². The van der Waals surface area contributed by atoms with Crippen LogP contribution in [0.4, 0.5) is 0 Å². The van der Waals surface area contributed by atoms with Crippen LogP contribution in [0.25, 0.3) is 0 Å². The molecule has 1 aliphatic heterocycles. The predicted molar refractivity (Wildman–Crippen MR) is 293 cm³/mol. The lowest BCUT2D eigenvalue weighted by molar-refractivity contribution is -0.159. The third-order valence-corrected chi connectivity index (χ3v) is 15.1. The van der Waals surface area contributed by atoms with Gasteiger partial charge in [-0.25, -0.2) is 0 Å². The summed E-state index contributed by atoms with van der Waals surface area (Å²) in [5, 5.41) is 9.37. The monoisotopic (exact) mass is 1020 g/mol. The van der Waals surface area contributed by atoms with Crippen molar-refractivity contribution in [2.24, 2.45) is 17.3 Å². The van der Waals surface area contributed by atoms with Gasteiger partial charge in [-0.1, -0.05) is 176 Å². The van der Waals surface area contributed by atoms with Crippen LogP contribution in [0.2, 0.25) is 0 Å². The fraction of sp³-hybridized carbons (Fsp3) is 0.917. The fourth-order valence-corrected chi connectivity index (χ4v) is 9.92. The first-order valence-corrected chi connectivity index (χ1v) is 30.3. The summed E-state index contributed by atoms with van der Waals surface area (Å²) in [4.78, 5) is 68.6. The van der Waals surface area contributed by atoms with E-state index in [1.54, 1.807) is 0 Å². The van der Waals surface area contributed by atoms with Gasteiger partial charge in [-0.15, -0.1) is 0 Å². The van der Waals surface area contributed by atoms with Crippen molar-refractivity contribution in [1.29, 1.82) is 0 Å². The quantitative estimate of drug-likeness (QED) is 0.0352. The van der Waals surface area contributed by atoms with Gasteiger partial charge in [0.1, 0.15) is 13.2 Å². The summed E-state index contributed by atoms with van der Waals surface area (Å²) < 4.78 is 23.3. The zero-order valence-corrected chi connectivity index (χ0v) is 47.4. The van der Waals surface area contributed by atoms with E-state index >= 15 is 0 Å². The number of amides is 1. The molecule has 0 bridgehead atoms. The Bertz CT molecular complexity index is 1260. The number of rotatable bonds is 50. The summed E-state index contributed by atoms with van der Waals surface area (Å²) in [5.74, 6) is -0.0250. The minimum absolute atomic E-state index is 0.0486. The van der Waals surface area contributed by atoms with Gasteiger partial charge < -0.3 is 33.9 Å². The highest BCUT2D eigenvalue weighted by Gasteiger charge is 2.39. The molecule has 1 heterocycles. The van der Waals surface area contributed by atoms with Gasteiger partial charge in [0.2, 0.25) is 5.91 Å². The minimum atomic E-state index is -0.603. The van der Waals surface area contributed by atoms with Crippen LogP contribution in [0.1, 0.15) is 272 Å². The van der Waals surface area contributed by atoms with Crippen molar-refractivity contribution in [1.82, 2.24) is 9.80 Å². The second-order valence-electron chi connectivity index (χ2n) is 21.6. The molecule has 0 aromatic rings. The number of carbonyl (C=O) groups excluding carboxylic acids is 5. The number of nitrogens with zero attached hydrogens (tertiary/aromatic N) is 2. The summed E-state index contributed by atoms with van der Waals surface area (Å²) in [7, 11) is 0. The molecule has 1 amide bonds. The number of aliphatic hydroxyl groups excluding tert-OH is 1. The molecule has 1 N–H and O–H groups in total. The Morgan fingerprint density at radius 1 is 0.444 bits per heavy atom. The average Bonchev–Trinajstić information content (AvgIpc) is 3.38. The second-order valence-corrected chi connectivity index (χ2v) is 21.6. The third-order valence-electron chi connectivity index (χ3n) is 15.1. The van der Waals surface area contributed by atoms with E-state index in [1.165, 1.54) is 128 Å². The number of carbonyl (C=O) groups is 5. The zero-order valence-electron chi connectivity index (χ0n) is 47.4. The van der Waals surface area contributed by atoms with Crippen LogP contribution < -0.4 is 0 Å². The van der Waals surface area contributed by atoms with E-state index in [0.29, 0.717) is 109 Å². The number of aliphatic hydroxyl groups is 1. The molecule has 2 atom stereocenters. The average molecular weight is 1020 g/mol. The molecule has 1 aliphatic rings. The predicted octanol–water partition coefficient (Wildman–Crippen LogP) is 14.0. The number of unbranched alkanes of at least 4 members (excludes halogenated alkanes) is 20. The second kappa shape index (κ2) is 46.8. The molecular formula is C60H112N2O10. The molecule has 12 nitrogen and oxygen atoms in total. The summed E-state index contributed by atoms with van der Waals surface area (Å²) in [6, 6.07) is 0. The van der Waals surface area contributed by atoms with Crippen LogP contribution in [0.15, 0.2) is 0 Å². The van der Waals surface area contributed by atoms with Crippen LogP contribution in [0.3, 0.4) is 0 Å². The topological polar surface area (TPSA) is 149 Å². The maximum Gasteiger partial charge on any atom is 0.305 e. The van der Waals surface area contributed by atoms with Crippen molar-refractivity contribution in [3.05, 3.63) is 0 Å². The molecule has 1 rings (SSSR count). The van der Waals surface area contributed by atoms with Gasteiger partial charge in [-0.3, -0.25) is 24.0 Å². The molecule has 2 unspecified atom stereocenters. The van der Waals surface area contributed by atoms with Crippen LogP contribution in [-0.2, 0) is 42.9 Å². The summed E-state index contributed by atoms with van der Waals surface area (Å²) >= 11 is 0. The first kappa shape index (κ1) is 67.3. The van der Waals surface area contributed by atoms with Gasteiger partial charge in [0, 0.05) is 63.7 Å². The molecule has 12 heteroatoms. The Labute approximate surface area is 441 Å². The van der Waals surface area contributed by atoms with Crippen LogP contribution in [-0.4, -0.2) is 110 Å². The molecule has 0 radical (unpaired) electrons. The van der Waals surface area contributed by atoms with Crippen LogP contribution in [0.5, 0.6) is 0 Å². The lowest BCUT2D eigenvalue weighted by atomic mass is 9.79. The molecule has 1 fully saturated rings. The number of hydrogen-bond donors (Lipinski definition) is 1. The van der Waals surface area contributed by atoms with E-state index < -0.39 is 5.41 Å². The van der Waals surface area contributed by atoms with E-state index in [-0.39, 0.29) is 62.4 Å². The van der Waals surface area contributed by atoms with Gasteiger partial charge in [0.25, 0.3) is 0 Å². The summed E-state index contributed by atoms with van der Waals surface area (Å²) in [6.07, 6.45) is 36.1. The highest BCUT2D eigenvalue weighted by atomic mass is 16.6. The Balaban J connectivity index is 2.61. The van der Waals surface area contributed by atoms with E-state index in [9.17, 15) is 29.1 Å². The molecule has 0 aliphatic carbocycles. The lowest BCUT2D eigenvalue weighted by Gasteiger charge is -2.41. The Hall–Kier alpha value is -2.73. The standard InChI is InChI=1S/C60H112N2O10/c1-6-11-15-19-21-27-35-53(33-25-17-13-8-3)49-69-56(65)37-29-23-31-39-58(67)71-51-60(42-45-62(46-43-60)55(64)41-44-61(10-5)47-48-63)52-72-59(68)40-32-24-30-38-57(66)70-50-54(34-26-18-14-9-4)36-28-22-20-16-12-7-2/h53-54,63H,6-52H2,1-5H3. The number of ether oxygens (including phenoxy) is 4. The number of esters is 4. The Morgan fingerprint density at radius 2 is 0.778 bits per heavy atom. The van der Waals surface area contributed by atoms with E-state index in [2.05, 4.69) is 32.6 Å². The number of likely N-dealkylation sites (N-methyl/N-ethyl adjacent to an activating group) is 1. The molecule has 422 valence electrons. The number of likely N-dealkylation sites (tertiary alicyclic amines) is 1. The fourth-order valence-electron chi connectivity index (χ4n) is 9.92. The smallest absolute Gasteiger partial charge is 0.305 e. The van der Waals surface area contributed by atoms with Gasteiger partial charge in [-0.2, -0.15) is 0 Å². The number of hydrogen-bond acceptors (Lipinski definition) is 11. The summed E-state index contributed by atoms with van der Waals surface area (Å²) in [5.41, 5.74) is -0.603. The maximum absolute atomic E-state index is 13.2. The Morgan fingerprint density at radius 3 is 1.14 bits per heavy atom. The minimum Gasteiger partial charge on any atom is -0.465 e. The molecule has 0 saturated carbocycles. The maximum atomic E-state index is 13.2. The first-order chi connectivity index (χ1) is 35.0. The molecular weight excluding hydrogens is 909 g/mol. The molecule has 72 heavy (non-hydrogen) atoms. The Kier molecular flexibility index (Phi) is 43.7. The van der Waals surface area contributed by atoms with Crippen molar-refractivity contribution in [2.75, 3.05) is 65.8 Å². The van der Waals surface area contributed by atoms with Gasteiger partial charge in [-0.05, 0) is 82.6 Å². The lowest BCUT2D eigenvalue weighted by Crippen LogP contribution is -2.48. The highest BCUT2D eigenvalue weighted by Crippen LogP contribution is 2.33. The first-order valence-electron chi connectivity index (χ1n) is 30.3. The summed E-state index contributed by atoms with van der Waals surface area (Å²) in [6.45, 7) is 15.0. The molecule has 0 spiro atoms. The van der Waals surface area contributed by atoms with Gasteiger partial charge >= 0.3 is 23.9 Å². The highest BCUT2D eigenvalue weighted by molar-refractivity contribution is 5.76. The van der Waals surface area contributed by atoms with Crippen LogP contribution in [0, 0.1) is 17.3 Å². The van der Waals surface area contributed by atoms with Crippen molar-refractivity contribution in [2.45, 2.75) is 272 Å². The van der Waals surface area contributed by atoms with Crippen LogP contribution >= 0.6 is 0 Å². The van der Waals surface area contributed by atoms with Gasteiger partial charge in [0.05, 0.1) is 19.8 Å². The largest absolute Gasteiger partial charge is 0.465 e. The van der Waals surface area contributed by atoms with Gasteiger partial charge in [0.15, 0.2) is 0 Å². The molecule has 1 saturated heterocycles. The normalized spacial score (nSPS) is 14.3.